The van der Waals surface area contributed by atoms with Gasteiger partial charge in [0.2, 0.25) is 0 Å². The second-order valence-electron chi connectivity index (χ2n) is 3.10. The number of hydrogen-bond donors (Lipinski definition) is 1. The lowest BCUT2D eigenvalue weighted by molar-refractivity contribution is 0.0994. The Bertz CT molecular complexity index is 326. The first-order chi connectivity index (χ1) is 5.68. The fraction of sp³-hybridized carbons (Fsp3) is 0.500. The van der Waals surface area contributed by atoms with Gasteiger partial charge in [0.15, 0.2) is 11.6 Å². The maximum Gasteiger partial charge on any atom is 0.270 e. The first-order valence-electron chi connectivity index (χ1n) is 3.95. The average molecular weight is 166 g/mol. The predicted molar refractivity (Wildman–Crippen MR) is 41.7 cm³/mol. The molecule has 0 aliphatic heterocycles. The van der Waals surface area contributed by atoms with E-state index >= 15 is 0 Å². The minimum atomic E-state index is -0.511. The predicted octanol–water partition coefficient (Wildman–Crippen LogP) is 0.959. The SMILES string of the molecule is Cc1oc(C2CC2)nc1C(N)=O. The zero-order valence-corrected chi connectivity index (χ0v) is 6.83. The molecule has 4 nitrogen and oxygen atoms in total. The van der Waals surface area contributed by atoms with Gasteiger partial charge in [-0.2, -0.15) is 0 Å². The third kappa shape index (κ3) is 1.09. The van der Waals surface area contributed by atoms with Crippen LogP contribution in [0.25, 0.3) is 0 Å². The minimum Gasteiger partial charge on any atom is -0.445 e. The molecule has 1 amide bonds. The van der Waals surface area contributed by atoms with Crippen molar-refractivity contribution in [2.75, 3.05) is 0 Å². The number of rotatable bonds is 2. The van der Waals surface area contributed by atoms with Crippen molar-refractivity contribution in [2.24, 2.45) is 5.73 Å². The van der Waals surface area contributed by atoms with Crippen molar-refractivity contribution in [2.45, 2.75) is 25.7 Å². The van der Waals surface area contributed by atoms with E-state index in [9.17, 15) is 4.79 Å². The zero-order chi connectivity index (χ0) is 8.72. The van der Waals surface area contributed by atoms with Gasteiger partial charge < -0.3 is 10.2 Å². The van der Waals surface area contributed by atoms with Crippen LogP contribution < -0.4 is 5.73 Å². The van der Waals surface area contributed by atoms with E-state index < -0.39 is 5.91 Å². The highest BCUT2D eigenvalue weighted by atomic mass is 16.4. The zero-order valence-electron chi connectivity index (χ0n) is 6.83. The van der Waals surface area contributed by atoms with Crippen LogP contribution in [-0.2, 0) is 0 Å². The van der Waals surface area contributed by atoms with Crippen LogP contribution in [0, 0.1) is 6.92 Å². The van der Waals surface area contributed by atoms with Crippen LogP contribution in [0.1, 0.15) is 40.9 Å². The largest absolute Gasteiger partial charge is 0.445 e. The summed E-state index contributed by atoms with van der Waals surface area (Å²) in [7, 11) is 0. The number of primary amides is 1. The Balaban J connectivity index is 2.36. The molecule has 64 valence electrons. The third-order valence-electron chi connectivity index (χ3n) is 1.97. The van der Waals surface area contributed by atoms with Gasteiger partial charge in [0.1, 0.15) is 5.76 Å². The van der Waals surface area contributed by atoms with Gasteiger partial charge in [0.05, 0.1) is 0 Å². The number of aromatic nitrogens is 1. The van der Waals surface area contributed by atoms with Gasteiger partial charge in [0, 0.05) is 5.92 Å². The number of hydrogen-bond acceptors (Lipinski definition) is 3. The molecule has 0 spiro atoms. The van der Waals surface area contributed by atoms with E-state index in [1.54, 1.807) is 6.92 Å². The van der Waals surface area contributed by atoms with Crippen LogP contribution >= 0.6 is 0 Å². The standard InChI is InChI=1S/C8H10N2O2/c1-4-6(7(9)11)10-8(12-4)5-2-3-5/h5H,2-3H2,1H3,(H2,9,11). The van der Waals surface area contributed by atoms with Crippen molar-refractivity contribution in [3.05, 3.63) is 17.3 Å². The number of oxazole rings is 1. The van der Waals surface area contributed by atoms with E-state index in [-0.39, 0.29) is 5.69 Å². The molecular weight excluding hydrogens is 156 g/mol. The number of aryl methyl sites for hydroxylation is 1. The number of carbonyl (C=O) groups excluding carboxylic acids is 1. The molecule has 2 N–H and O–H groups in total. The molecule has 12 heavy (non-hydrogen) atoms. The average Bonchev–Trinajstić information content (AvgIpc) is 2.75. The maximum absolute atomic E-state index is 10.8. The van der Waals surface area contributed by atoms with Crippen LogP contribution in [0.3, 0.4) is 0 Å². The smallest absolute Gasteiger partial charge is 0.270 e. The molecule has 2 rings (SSSR count). The van der Waals surface area contributed by atoms with E-state index in [0.717, 1.165) is 12.8 Å². The normalized spacial score (nSPS) is 16.4. The van der Waals surface area contributed by atoms with Gasteiger partial charge in [0.25, 0.3) is 5.91 Å². The molecule has 4 heteroatoms. The van der Waals surface area contributed by atoms with E-state index in [2.05, 4.69) is 4.98 Å². The van der Waals surface area contributed by atoms with Crippen molar-refractivity contribution >= 4 is 5.91 Å². The number of carbonyl (C=O) groups is 1. The van der Waals surface area contributed by atoms with Gasteiger partial charge in [-0.1, -0.05) is 0 Å². The maximum atomic E-state index is 10.8. The summed E-state index contributed by atoms with van der Waals surface area (Å²) >= 11 is 0. The van der Waals surface area contributed by atoms with Crippen molar-refractivity contribution in [1.29, 1.82) is 0 Å². The monoisotopic (exact) mass is 166 g/mol. The van der Waals surface area contributed by atoms with Crippen LogP contribution in [0.15, 0.2) is 4.42 Å². The summed E-state index contributed by atoms with van der Waals surface area (Å²) in [6.45, 7) is 1.71. The highest BCUT2D eigenvalue weighted by Crippen LogP contribution is 2.39. The summed E-state index contributed by atoms with van der Waals surface area (Å²) in [5.74, 6) is 1.12. The fourth-order valence-electron chi connectivity index (χ4n) is 1.15. The molecule has 1 saturated carbocycles. The lowest BCUT2D eigenvalue weighted by Crippen LogP contribution is -2.12. The lowest BCUT2D eigenvalue weighted by Gasteiger charge is -1.84. The summed E-state index contributed by atoms with van der Waals surface area (Å²) in [5.41, 5.74) is 5.36. The molecule has 1 aromatic rings. The summed E-state index contributed by atoms with van der Waals surface area (Å²) < 4.78 is 5.29. The summed E-state index contributed by atoms with van der Waals surface area (Å²) in [4.78, 5) is 14.8. The summed E-state index contributed by atoms with van der Waals surface area (Å²) in [5, 5.41) is 0. The van der Waals surface area contributed by atoms with E-state index in [0.29, 0.717) is 17.6 Å². The molecule has 1 fully saturated rings. The topological polar surface area (TPSA) is 69.1 Å². The fourth-order valence-corrected chi connectivity index (χ4v) is 1.15. The molecule has 1 aromatic heterocycles. The molecule has 0 aromatic carbocycles. The number of amides is 1. The molecule has 0 saturated heterocycles. The van der Waals surface area contributed by atoms with Crippen LogP contribution in [0.2, 0.25) is 0 Å². The molecule has 0 unspecified atom stereocenters. The highest BCUT2D eigenvalue weighted by Gasteiger charge is 2.30. The minimum absolute atomic E-state index is 0.275. The molecule has 1 heterocycles. The van der Waals surface area contributed by atoms with E-state index in [1.165, 1.54) is 0 Å². The second-order valence-corrected chi connectivity index (χ2v) is 3.10. The van der Waals surface area contributed by atoms with Gasteiger partial charge in [-0.15, -0.1) is 0 Å². The molecule has 1 aliphatic carbocycles. The Morgan fingerprint density at radius 2 is 2.33 bits per heavy atom. The molecular formula is C8H10N2O2. The summed E-state index contributed by atoms with van der Waals surface area (Å²) in [6, 6.07) is 0. The highest BCUT2D eigenvalue weighted by molar-refractivity contribution is 5.91. The van der Waals surface area contributed by atoms with Crippen molar-refractivity contribution < 1.29 is 9.21 Å². The van der Waals surface area contributed by atoms with Crippen LogP contribution in [0.5, 0.6) is 0 Å². The van der Waals surface area contributed by atoms with Crippen LogP contribution in [0.4, 0.5) is 0 Å². The first-order valence-corrected chi connectivity index (χ1v) is 3.95. The summed E-state index contributed by atoms with van der Waals surface area (Å²) in [6.07, 6.45) is 2.22. The Kier molecular flexibility index (Phi) is 1.43. The molecule has 0 atom stereocenters. The van der Waals surface area contributed by atoms with E-state index in [4.69, 9.17) is 10.2 Å². The number of nitrogens with zero attached hydrogens (tertiary/aromatic N) is 1. The quantitative estimate of drug-likeness (QED) is 0.711. The Labute approximate surface area is 69.8 Å². The van der Waals surface area contributed by atoms with Crippen molar-refractivity contribution in [3.8, 4) is 0 Å². The van der Waals surface area contributed by atoms with Gasteiger partial charge in [-0.3, -0.25) is 4.79 Å². The third-order valence-corrected chi connectivity index (χ3v) is 1.97. The Morgan fingerprint density at radius 1 is 1.67 bits per heavy atom. The molecule has 0 radical (unpaired) electrons. The van der Waals surface area contributed by atoms with Gasteiger partial charge in [-0.25, -0.2) is 4.98 Å². The Hall–Kier alpha value is -1.32. The number of nitrogens with two attached hydrogens (primary N) is 1. The molecule has 0 bridgehead atoms. The van der Waals surface area contributed by atoms with Crippen molar-refractivity contribution in [3.63, 3.8) is 0 Å². The van der Waals surface area contributed by atoms with E-state index in [1.807, 2.05) is 0 Å². The second kappa shape index (κ2) is 2.33. The molecule has 1 aliphatic rings. The van der Waals surface area contributed by atoms with Crippen LogP contribution in [-0.4, -0.2) is 10.9 Å². The van der Waals surface area contributed by atoms with Gasteiger partial charge in [-0.05, 0) is 19.8 Å². The van der Waals surface area contributed by atoms with Crippen molar-refractivity contribution in [1.82, 2.24) is 4.98 Å². The van der Waals surface area contributed by atoms with Gasteiger partial charge >= 0.3 is 0 Å². The first kappa shape index (κ1) is 7.34. The Morgan fingerprint density at radius 3 is 2.75 bits per heavy atom. The lowest BCUT2D eigenvalue weighted by atomic mass is 10.3.